The Morgan fingerprint density at radius 3 is 2.82 bits per heavy atom. The van der Waals surface area contributed by atoms with Gasteiger partial charge in [0.15, 0.2) is 0 Å². The Hall–Kier alpha value is -0.970. The standard InChI is InChI=1S/C16H20Cl2N2O2/c17-13-4-3-12(14(18)9-13)10-19-15(21)20-7-8-22-16(11-20)5-1-2-6-16/h3-4,9H,1-2,5-8,10-11H2,(H,19,21). The van der Waals surface area contributed by atoms with Gasteiger partial charge in [-0.25, -0.2) is 4.79 Å². The molecule has 2 fully saturated rings. The van der Waals surface area contributed by atoms with Crippen molar-refractivity contribution < 1.29 is 9.53 Å². The molecule has 0 bridgehead atoms. The molecule has 1 heterocycles. The molecule has 0 unspecified atom stereocenters. The third-order valence-corrected chi connectivity index (χ3v) is 5.08. The third kappa shape index (κ3) is 3.50. The summed E-state index contributed by atoms with van der Waals surface area (Å²) in [5.41, 5.74) is 0.760. The molecule has 1 saturated carbocycles. The zero-order valence-electron chi connectivity index (χ0n) is 12.4. The molecular formula is C16H20Cl2N2O2. The summed E-state index contributed by atoms with van der Waals surface area (Å²) in [6.45, 7) is 2.35. The monoisotopic (exact) mass is 342 g/mol. The number of nitrogens with zero attached hydrogens (tertiary/aromatic N) is 1. The smallest absolute Gasteiger partial charge is 0.317 e. The predicted octanol–water partition coefficient (Wildman–Crippen LogP) is 3.85. The van der Waals surface area contributed by atoms with Crippen molar-refractivity contribution in [2.75, 3.05) is 19.7 Å². The van der Waals surface area contributed by atoms with Crippen molar-refractivity contribution in [3.63, 3.8) is 0 Å². The SMILES string of the molecule is O=C(NCc1ccc(Cl)cc1Cl)N1CCOC2(CCCC2)C1. The van der Waals surface area contributed by atoms with Gasteiger partial charge in [-0.1, -0.05) is 42.1 Å². The van der Waals surface area contributed by atoms with Crippen LogP contribution in [0.5, 0.6) is 0 Å². The van der Waals surface area contributed by atoms with Crippen molar-refractivity contribution in [1.82, 2.24) is 10.2 Å². The van der Waals surface area contributed by atoms with Gasteiger partial charge in [0.2, 0.25) is 0 Å². The number of ether oxygens (including phenoxy) is 1. The number of carbonyl (C=O) groups excluding carboxylic acids is 1. The van der Waals surface area contributed by atoms with Gasteiger partial charge in [-0.15, -0.1) is 0 Å². The Kier molecular flexibility index (Phi) is 4.81. The molecular weight excluding hydrogens is 323 g/mol. The number of benzene rings is 1. The number of hydrogen-bond acceptors (Lipinski definition) is 2. The van der Waals surface area contributed by atoms with E-state index in [1.165, 1.54) is 12.8 Å². The molecule has 1 aliphatic carbocycles. The number of carbonyl (C=O) groups is 1. The molecule has 2 amide bonds. The molecule has 6 heteroatoms. The number of urea groups is 1. The summed E-state index contributed by atoms with van der Waals surface area (Å²) in [4.78, 5) is 14.2. The first-order valence-electron chi connectivity index (χ1n) is 7.69. The number of morpholine rings is 1. The van der Waals surface area contributed by atoms with Gasteiger partial charge < -0.3 is 15.0 Å². The van der Waals surface area contributed by atoms with Crippen LogP contribution >= 0.6 is 23.2 Å². The van der Waals surface area contributed by atoms with Crippen molar-refractivity contribution in [2.24, 2.45) is 0 Å². The van der Waals surface area contributed by atoms with Gasteiger partial charge in [0.25, 0.3) is 0 Å². The van der Waals surface area contributed by atoms with Crippen LogP contribution in [-0.4, -0.2) is 36.2 Å². The first kappa shape index (κ1) is 15.9. The highest BCUT2D eigenvalue weighted by Gasteiger charge is 2.40. The summed E-state index contributed by atoms with van der Waals surface area (Å²) >= 11 is 12.0. The van der Waals surface area contributed by atoms with E-state index in [2.05, 4.69) is 5.32 Å². The molecule has 1 saturated heterocycles. The summed E-state index contributed by atoms with van der Waals surface area (Å²) in [7, 11) is 0. The molecule has 0 aromatic heterocycles. The molecule has 1 N–H and O–H groups in total. The lowest BCUT2D eigenvalue weighted by atomic mass is 10.00. The summed E-state index contributed by atoms with van der Waals surface area (Å²) in [5.74, 6) is 0. The van der Waals surface area contributed by atoms with Gasteiger partial charge in [0.05, 0.1) is 18.8 Å². The number of amides is 2. The molecule has 0 radical (unpaired) electrons. The third-order valence-electron chi connectivity index (χ3n) is 4.50. The fourth-order valence-corrected chi connectivity index (χ4v) is 3.76. The van der Waals surface area contributed by atoms with Crippen molar-refractivity contribution in [3.05, 3.63) is 33.8 Å². The first-order valence-corrected chi connectivity index (χ1v) is 8.44. The number of hydrogen-bond donors (Lipinski definition) is 1. The van der Waals surface area contributed by atoms with Crippen LogP contribution in [0.25, 0.3) is 0 Å². The van der Waals surface area contributed by atoms with Gasteiger partial charge in [-0.3, -0.25) is 0 Å². The second-order valence-corrected chi connectivity index (χ2v) is 6.90. The lowest BCUT2D eigenvalue weighted by Crippen LogP contribution is -2.54. The average molecular weight is 343 g/mol. The highest BCUT2D eigenvalue weighted by atomic mass is 35.5. The van der Waals surface area contributed by atoms with Crippen LogP contribution in [0.3, 0.4) is 0 Å². The zero-order chi connectivity index (χ0) is 15.6. The van der Waals surface area contributed by atoms with Crippen LogP contribution in [0, 0.1) is 0 Å². The second kappa shape index (κ2) is 6.65. The van der Waals surface area contributed by atoms with E-state index >= 15 is 0 Å². The predicted molar refractivity (Wildman–Crippen MR) is 87.4 cm³/mol. The van der Waals surface area contributed by atoms with Gasteiger partial charge in [-0.05, 0) is 30.5 Å². The van der Waals surface area contributed by atoms with E-state index in [9.17, 15) is 4.79 Å². The van der Waals surface area contributed by atoms with Crippen molar-refractivity contribution in [3.8, 4) is 0 Å². The Morgan fingerprint density at radius 1 is 1.32 bits per heavy atom. The van der Waals surface area contributed by atoms with Crippen LogP contribution in [-0.2, 0) is 11.3 Å². The fraction of sp³-hybridized carbons (Fsp3) is 0.562. The summed E-state index contributed by atoms with van der Waals surface area (Å²) < 4.78 is 5.94. The molecule has 4 nitrogen and oxygen atoms in total. The van der Waals surface area contributed by atoms with Crippen LogP contribution in [0.2, 0.25) is 10.0 Å². The molecule has 0 atom stereocenters. The maximum atomic E-state index is 12.4. The van der Waals surface area contributed by atoms with E-state index in [1.807, 2.05) is 11.0 Å². The van der Waals surface area contributed by atoms with Crippen molar-refractivity contribution in [2.45, 2.75) is 37.8 Å². The molecule has 1 spiro atoms. The lowest BCUT2D eigenvalue weighted by molar-refractivity contribution is -0.0925. The Labute approximate surface area is 140 Å². The fourth-order valence-electron chi connectivity index (χ4n) is 3.29. The molecule has 1 aromatic carbocycles. The van der Waals surface area contributed by atoms with Crippen LogP contribution in [0.1, 0.15) is 31.2 Å². The minimum Gasteiger partial charge on any atom is -0.371 e. The van der Waals surface area contributed by atoms with Crippen molar-refractivity contribution in [1.29, 1.82) is 0 Å². The second-order valence-electron chi connectivity index (χ2n) is 6.05. The highest BCUT2D eigenvalue weighted by Crippen LogP contribution is 2.35. The van der Waals surface area contributed by atoms with Gasteiger partial charge in [0.1, 0.15) is 0 Å². The largest absolute Gasteiger partial charge is 0.371 e. The summed E-state index contributed by atoms with van der Waals surface area (Å²) in [5, 5.41) is 4.10. The Balaban J connectivity index is 1.57. The topological polar surface area (TPSA) is 41.6 Å². The maximum absolute atomic E-state index is 12.4. The number of halogens is 2. The molecule has 3 rings (SSSR count). The quantitative estimate of drug-likeness (QED) is 0.886. The first-order chi connectivity index (χ1) is 10.6. The lowest BCUT2D eigenvalue weighted by Gasteiger charge is -2.40. The minimum absolute atomic E-state index is 0.0550. The highest BCUT2D eigenvalue weighted by molar-refractivity contribution is 6.35. The molecule has 2 aliphatic rings. The van der Waals surface area contributed by atoms with E-state index in [0.717, 1.165) is 18.4 Å². The molecule has 22 heavy (non-hydrogen) atoms. The number of rotatable bonds is 2. The van der Waals surface area contributed by atoms with E-state index in [1.54, 1.807) is 12.1 Å². The van der Waals surface area contributed by atoms with Crippen molar-refractivity contribution >= 4 is 29.2 Å². The summed E-state index contributed by atoms with van der Waals surface area (Å²) in [6, 6.07) is 5.24. The van der Waals surface area contributed by atoms with E-state index in [0.29, 0.717) is 36.3 Å². The molecule has 120 valence electrons. The van der Waals surface area contributed by atoms with Gasteiger partial charge >= 0.3 is 6.03 Å². The normalized spacial score (nSPS) is 20.4. The molecule has 1 aliphatic heterocycles. The average Bonchev–Trinajstić information content (AvgIpc) is 2.94. The van der Waals surface area contributed by atoms with E-state index in [4.69, 9.17) is 27.9 Å². The van der Waals surface area contributed by atoms with Gasteiger partial charge in [-0.2, -0.15) is 0 Å². The van der Waals surface area contributed by atoms with Gasteiger partial charge in [0, 0.05) is 23.1 Å². The van der Waals surface area contributed by atoms with E-state index < -0.39 is 0 Å². The minimum atomic E-state index is -0.104. The number of nitrogens with one attached hydrogen (secondary N) is 1. The van der Waals surface area contributed by atoms with Crippen LogP contribution in [0.4, 0.5) is 4.79 Å². The maximum Gasteiger partial charge on any atom is 0.317 e. The van der Waals surface area contributed by atoms with Crippen LogP contribution in [0.15, 0.2) is 18.2 Å². The molecule has 1 aromatic rings. The van der Waals surface area contributed by atoms with E-state index in [-0.39, 0.29) is 11.6 Å². The zero-order valence-corrected chi connectivity index (χ0v) is 13.9. The Morgan fingerprint density at radius 2 is 2.09 bits per heavy atom. The summed E-state index contributed by atoms with van der Waals surface area (Å²) in [6.07, 6.45) is 4.49. The Bertz CT molecular complexity index is 559. The van der Waals surface area contributed by atoms with Crippen LogP contribution < -0.4 is 5.32 Å².